The first-order chi connectivity index (χ1) is 9.55. The number of nitrogens with one attached hydrogen (secondary N) is 2. The predicted molar refractivity (Wildman–Crippen MR) is 87.3 cm³/mol. The smallest absolute Gasteiger partial charge is 0.147 e. The van der Waals surface area contributed by atoms with Crippen molar-refractivity contribution in [2.24, 2.45) is 0 Å². The summed E-state index contributed by atoms with van der Waals surface area (Å²) in [6.07, 6.45) is 2.91. The van der Waals surface area contributed by atoms with Crippen molar-refractivity contribution in [3.63, 3.8) is 0 Å². The number of rotatable bonds is 5. The molecule has 0 fully saturated rings. The molecule has 2 rings (SSSR count). The van der Waals surface area contributed by atoms with Crippen LogP contribution in [0, 0.1) is 0 Å². The van der Waals surface area contributed by atoms with Gasteiger partial charge in [0.05, 0.1) is 16.1 Å². The molecule has 0 saturated heterocycles. The average molecular weight is 331 g/mol. The highest BCUT2D eigenvalue weighted by molar-refractivity contribution is 7.11. The molecule has 7 heteroatoms. The summed E-state index contributed by atoms with van der Waals surface area (Å²) in [5.74, 6) is 1.19. The molecule has 0 spiro atoms. The van der Waals surface area contributed by atoms with Gasteiger partial charge in [-0.3, -0.25) is 0 Å². The molecule has 0 radical (unpaired) electrons. The summed E-state index contributed by atoms with van der Waals surface area (Å²) in [4.78, 5) is 10.1. The molecule has 0 amide bonds. The molecule has 1 unspecified atom stereocenters. The van der Waals surface area contributed by atoms with Crippen LogP contribution in [0.2, 0.25) is 10.0 Å². The lowest BCUT2D eigenvalue weighted by molar-refractivity contribution is 0.861. The van der Waals surface area contributed by atoms with Crippen molar-refractivity contribution in [2.75, 3.05) is 17.7 Å². The summed E-state index contributed by atoms with van der Waals surface area (Å²) in [5, 5.41) is 8.21. The van der Waals surface area contributed by atoms with Crippen LogP contribution in [-0.2, 0) is 6.42 Å². The van der Waals surface area contributed by atoms with Gasteiger partial charge in [0, 0.05) is 18.1 Å². The maximum absolute atomic E-state index is 6.17. The second kappa shape index (κ2) is 6.61. The van der Waals surface area contributed by atoms with Gasteiger partial charge in [-0.2, -0.15) is 0 Å². The number of pyridine rings is 1. The van der Waals surface area contributed by atoms with Crippen molar-refractivity contribution in [3.05, 3.63) is 32.2 Å². The van der Waals surface area contributed by atoms with Crippen molar-refractivity contribution < 1.29 is 0 Å². The lowest BCUT2D eigenvalue weighted by Crippen LogP contribution is -2.09. The van der Waals surface area contributed by atoms with E-state index in [1.165, 1.54) is 4.88 Å². The van der Waals surface area contributed by atoms with Crippen molar-refractivity contribution in [1.82, 2.24) is 9.97 Å². The van der Waals surface area contributed by atoms with Gasteiger partial charge in [-0.15, -0.1) is 11.3 Å². The van der Waals surface area contributed by atoms with Gasteiger partial charge in [0.2, 0.25) is 0 Å². The summed E-state index contributed by atoms with van der Waals surface area (Å²) >= 11 is 13.9. The summed E-state index contributed by atoms with van der Waals surface area (Å²) in [6.45, 7) is 4.15. The fourth-order valence-electron chi connectivity index (χ4n) is 1.70. The van der Waals surface area contributed by atoms with Crippen LogP contribution < -0.4 is 10.6 Å². The fourth-order valence-corrected chi connectivity index (χ4v) is 3.06. The Morgan fingerprint density at radius 3 is 2.60 bits per heavy atom. The molecular formula is C13H16Cl2N4S. The van der Waals surface area contributed by atoms with Gasteiger partial charge in [-0.25, -0.2) is 9.97 Å². The van der Waals surface area contributed by atoms with Crippen LogP contribution in [0.4, 0.5) is 11.6 Å². The van der Waals surface area contributed by atoms with E-state index < -0.39 is 0 Å². The van der Waals surface area contributed by atoms with E-state index in [0.717, 1.165) is 11.4 Å². The average Bonchev–Trinajstić information content (AvgIpc) is 2.90. The van der Waals surface area contributed by atoms with E-state index in [9.17, 15) is 0 Å². The zero-order valence-corrected chi connectivity index (χ0v) is 13.8. The van der Waals surface area contributed by atoms with Crippen molar-refractivity contribution in [2.45, 2.75) is 26.3 Å². The monoisotopic (exact) mass is 330 g/mol. The third-order valence-corrected chi connectivity index (χ3v) is 4.71. The van der Waals surface area contributed by atoms with Crippen LogP contribution in [0.25, 0.3) is 0 Å². The molecule has 0 aliphatic carbocycles. The summed E-state index contributed by atoms with van der Waals surface area (Å²) in [6, 6.07) is 1.72. The van der Waals surface area contributed by atoms with Gasteiger partial charge in [-0.05, 0) is 19.4 Å². The van der Waals surface area contributed by atoms with Crippen LogP contribution in [0.5, 0.6) is 0 Å². The van der Waals surface area contributed by atoms with Gasteiger partial charge >= 0.3 is 0 Å². The Bertz CT molecular complexity index is 600. The van der Waals surface area contributed by atoms with Crippen LogP contribution in [0.15, 0.2) is 12.3 Å². The molecule has 0 aromatic carbocycles. The number of aromatic nitrogens is 2. The molecule has 0 aliphatic rings. The maximum Gasteiger partial charge on any atom is 0.147 e. The summed E-state index contributed by atoms with van der Waals surface area (Å²) < 4.78 is 0. The molecule has 4 nitrogen and oxygen atoms in total. The van der Waals surface area contributed by atoms with Crippen molar-refractivity contribution >= 4 is 46.2 Å². The van der Waals surface area contributed by atoms with E-state index in [1.54, 1.807) is 24.5 Å². The topological polar surface area (TPSA) is 49.8 Å². The highest BCUT2D eigenvalue weighted by Gasteiger charge is 2.14. The van der Waals surface area contributed by atoms with Gasteiger partial charge in [-0.1, -0.05) is 30.1 Å². The Morgan fingerprint density at radius 2 is 2.00 bits per heavy atom. The van der Waals surface area contributed by atoms with Crippen molar-refractivity contribution in [3.8, 4) is 0 Å². The molecule has 2 N–H and O–H groups in total. The van der Waals surface area contributed by atoms with E-state index in [2.05, 4.69) is 27.5 Å². The van der Waals surface area contributed by atoms with Gasteiger partial charge in [0.25, 0.3) is 0 Å². The van der Waals surface area contributed by atoms with Crippen molar-refractivity contribution in [1.29, 1.82) is 0 Å². The first-order valence-electron chi connectivity index (χ1n) is 6.30. The highest BCUT2D eigenvalue weighted by Crippen LogP contribution is 2.31. The third-order valence-electron chi connectivity index (χ3n) is 2.81. The Hall–Kier alpha value is -1.04. The Labute approximate surface area is 132 Å². The quantitative estimate of drug-likeness (QED) is 0.839. The number of hydrogen-bond donors (Lipinski definition) is 2. The van der Waals surface area contributed by atoms with E-state index >= 15 is 0 Å². The molecule has 2 aromatic rings. The molecule has 0 aliphatic heterocycles. The zero-order chi connectivity index (χ0) is 14.7. The van der Waals surface area contributed by atoms with E-state index in [0.29, 0.717) is 21.7 Å². The lowest BCUT2D eigenvalue weighted by Gasteiger charge is -2.15. The standard InChI is InChI=1S/C13H16Cl2N4S/c1-4-8-6-17-13(20-8)7(2)18-12-10(15)5-9(14)11(16-3)19-12/h5-7H,4H2,1-3H3,(H2,16,18,19). The van der Waals surface area contributed by atoms with E-state index in [1.807, 2.05) is 13.1 Å². The minimum absolute atomic E-state index is 0.0381. The SMILES string of the molecule is CCc1cnc(C(C)Nc2nc(NC)c(Cl)cc2Cl)s1. The number of anilines is 2. The van der Waals surface area contributed by atoms with Crippen LogP contribution in [0.1, 0.15) is 29.8 Å². The minimum atomic E-state index is 0.0381. The highest BCUT2D eigenvalue weighted by atomic mass is 35.5. The lowest BCUT2D eigenvalue weighted by atomic mass is 10.3. The Balaban J connectivity index is 2.20. The number of aryl methyl sites for hydroxylation is 1. The molecule has 2 aromatic heterocycles. The molecule has 1 atom stereocenters. The van der Waals surface area contributed by atoms with E-state index in [4.69, 9.17) is 23.2 Å². The Kier molecular flexibility index (Phi) is 5.07. The molecule has 108 valence electrons. The number of thiazole rings is 1. The van der Waals surface area contributed by atoms with Gasteiger partial charge in [0.15, 0.2) is 0 Å². The third kappa shape index (κ3) is 3.34. The Morgan fingerprint density at radius 1 is 1.30 bits per heavy atom. The van der Waals surface area contributed by atoms with Crippen LogP contribution >= 0.6 is 34.5 Å². The number of nitrogens with zero attached hydrogens (tertiary/aromatic N) is 2. The number of halogens is 2. The summed E-state index contributed by atoms with van der Waals surface area (Å²) in [5.41, 5.74) is 0. The summed E-state index contributed by atoms with van der Waals surface area (Å²) in [7, 11) is 1.77. The molecule has 0 saturated carbocycles. The van der Waals surface area contributed by atoms with Gasteiger partial charge in [0.1, 0.15) is 16.6 Å². The molecule has 0 bridgehead atoms. The number of hydrogen-bond acceptors (Lipinski definition) is 5. The second-order valence-corrected chi connectivity index (χ2v) is 6.24. The minimum Gasteiger partial charge on any atom is -0.372 e. The zero-order valence-electron chi connectivity index (χ0n) is 11.5. The largest absolute Gasteiger partial charge is 0.372 e. The van der Waals surface area contributed by atoms with Gasteiger partial charge < -0.3 is 10.6 Å². The molecule has 2 heterocycles. The van der Waals surface area contributed by atoms with E-state index in [-0.39, 0.29) is 6.04 Å². The first-order valence-corrected chi connectivity index (χ1v) is 7.87. The molecular weight excluding hydrogens is 315 g/mol. The second-order valence-electron chi connectivity index (χ2n) is 4.28. The first kappa shape index (κ1) is 15.4. The normalized spacial score (nSPS) is 12.2. The van der Waals surface area contributed by atoms with Crippen LogP contribution in [-0.4, -0.2) is 17.0 Å². The molecule has 20 heavy (non-hydrogen) atoms. The predicted octanol–water partition coefficient (Wildman–Crippen LogP) is 4.62. The maximum atomic E-state index is 6.17. The van der Waals surface area contributed by atoms with Crippen LogP contribution in [0.3, 0.4) is 0 Å². The fraction of sp³-hybridized carbons (Fsp3) is 0.385.